The van der Waals surface area contributed by atoms with E-state index in [0.717, 1.165) is 0 Å². The van der Waals surface area contributed by atoms with Gasteiger partial charge in [-0.1, -0.05) is 12.1 Å². The van der Waals surface area contributed by atoms with Crippen molar-refractivity contribution in [1.29, 1.82) is 0 Å². The summed E-state index contributed by atoms with van der Waals surface area (Å²) in [6.07, 6.45) is 4.89. The number of amidine groups is 1. The number of hydrogen-bond donors (Lipinski definition) is 1. The molecule has 116 valence electrons. The van der Waals surface area contributed by atoms with Crippen molar-refractivity contribution >= 4 is 34.6 Å². The van der Waals surface area contributed by atoms with Gasteiger partial charge in [0, 0.05) is 18.7 Å². The van der Waals surface area contributed by atoms with Crippen molar-refractivity contribution in [1.82, 2.24) is 4.90 Å². The van der Waals surface area contributed by atoms with Crippen LogP contribution in [0.15, 0.2) is 69.6 Å². The lowest BCUT2D eigenvalue weighted by molar-refractivity contribution is -0.121. The zero-order valence-electron chi connectivity index (χ0n) is 12.2. The summed E-state index contributed by atoms with van der Waals surface area (Å²) in [7, 11) is 0. The molecule has 0 spiro atoms. The minimum absolute atomic E-state index is 0.128. The van der Waals surface area contributed by atoms with Gasteiger partial charge in [-0.15, -0.1) is 6.58 Å². The van der Waals surface area contributed by atoms with Gasteiger partial charge < -0.3 is 9.52 Å². The maximum Gasteiger partial charge on any atom is 0.267 e. The summed E-state index contributed by atoms with van der Waals surface area (Å²) in [4.78, 5) is 19.0. The SMILES string of the molecule is C=CCN1C(=O)/C(=C/c2ccco2)SC1=Nc1cccc(O)c1. The van der Waals surface area contributed by atoms with Gasteiger partial charge in [-0.05, 0) is 36.0 Å². The Labute approximate surface area is 137 Å². The molecule has 1 amide bonds. The van der Waals surface area contributed by atoms with Crippen LogP contribution in [0.25, 0.3) is 6.08 Å². The molecule has 2 aromatic rings. The molecule has 1 aromatic heterocycles. The van der Waals surface area contributed by atoms with E-state index in [4.69, 9.17) is 4.42 Å². The lowest BCUT2D eigenvalue weighted by Crippen LogP contribution is -2.29. The molecule has 0 aliphatic carbocycles. The van der Waals surface area contributed by atoms with Gasteiger partial charge in [-0.2, -0.15) is 0 Å². The summed E-state index contributed by atoms with van der Waals surface area (Å²) in [6, 6.07) is 10.1. The van der Waals surface area contributed by atoms with Crippen LogP contribution in [-0.4, -0.2) is 27.6 Å². The summed E-state index contributed by atoms with van der Waals surface area (Å²) < 4.78 is 5.25. The zero-order valence-corrected chi connectivity index (χ0v) is 13.0. The number of aliphatic imine (C=N–C) groups is 1. The van der Waals surface area contributed by atoms with E-state index < -0.39 is 0 Å². The van der Waals surface area contributed by atoms with Crippen molar-refractivity contribution in [2.24, 2.45) is 4.99 Å². The summed E-state index contributed by atoms with van der Waals surface area (Å²) in [6.45, 7) is 4.04. The van der Waals surface area contributed by atoms with Crippen LogP contribution in [0.3, 0.4) is 0 Å². The van der Waals surface area contributed by atoms with Gasteiger partial charge in [0.05, 0.1) is 16.9 Å². The second-order valence-electron chi connectivity index (χ2n) is 4.74. The van der Waals surface area contributed by atoms with Gasteiger partial charge in [-0.25, -0.2) is 4.99 Å². The fourth-order valence-corrected chi connectivity index (χ4v) is 3.05. The van der Waals surface area contributed by atoms with E-state index in [-0.39, 0.29) is 11.7 Å². The van der Waals surface area contributed by atoms with Crippen molar-refractivity contribution in [2.75, 3.05) is 6.54 Å². The van der Waals surface area contributed by atoms with Crippen LogP contribution in [-0.2, 0) is 4.79 Å². The van der Waals surface area contributed by atoms with Crippen LogP contribution in [0.5, 0.6) is 5.75 Å². The average Bonchev–Trinajstić information content (AvgIpc) is 3.12. The Balaban J connectivity index is 1.95. The summed E-state index contributed by atoms with van der Waals surface area (Å²) in [5.41, 5.74) is 0.577. The number of benzene rings is 1. The Morgan fingerprint density at radius 2 is 2.22 bits per heavy atom. The molecule has 1 aliphatic heterocycles. The van der Waals surface area contributed by atoms with Crippen LogP contribution in [0.2, 0.25) is 0 Å². The summed E-state index contributed by atoms with van der Waals surface area (Å²) >= 11 is 1.26. The molecule has 23 heavy (non-hydrogen) atoms. The Morgan fingerprint density at radius 3 is 2.91 bits per heavy atom. The molecule has 1 aromatic carbocycles. The first-order valence-electron chi connectivity index (χ1n) is 6.91. The smallest absolute Gasteiger partial charge is 0.267 e. The van der Waals surface area contributed by atoms with Crippen LogP contribution in [0.4, 0.5) is 5.69 Å². The summed E-state index contributed by atoms with van der Waals surface area (Å²) in [5.74, 6) is 0.589. The Hall–Kier alpha value is -2.73. The van der Waals surface area contributed by atoms with E-state index in [2.05, 4.69) is 11.6 Å². The molecule has 2 heterocycles. The number of aromatic hydroxyl groups is 1. The van der Waals surface area contributed by atoms with Gasteiger partial charge in [0.1, 0.15) is 11.5 Å². The predicted molar refractivity (Wildman–Crippen MR) is 91.4 cm³/mol. The Bertz CT molecular complexity index is 794. The highest BCUT2D eigenvalue weighted by atomic mass is 32.2. The van der Waals surface area contributed by atoms with Gasteiger partial charge in [0.25, 0.3) is 5.91 Å². The maximum absolute atomic E-state index is 12.5. The first-order valence-corrected chi connectivity index (χ1v) is 7.72. The molecule has 0 bridgehead atoms. The van der Waals surface area contributed by atoms with Crippen molar-refractivity contribution < 1.29 is 14.3 Å². The molecule has 0 saturated carbocycles. The fourth-order valence-electron chi connectivity index (χ4n) is 2.06. The molecule has 1 N–H and O–H groups in total. The Kier molecular flexibility index (Phi) is 4.34. The largest absolute Gasteiger partial charge is 0.508 e. The highest BCUT2D eigenvalue weighted by molar-refractivity contribution is 8.18. The second kappa shape index (κ2) is 6.58. The molecule has 0 radical (unpaired) electrons. The Morgan fingerprint density at radius 1 is 1.35 bits per heavy atom. The third-order valence-corrected chi connectivity index (χ3v) is 4.08. The highest BCUT2D eigenvalue weighted by Gasteiger charge is 2.32. The third-order valence-electron chi connectivity index (χ3n) is 3.07. The van der Waals surface area contributed by atoms with Crippen LogP contribution < -0.4 is 0 Å². The van der Waals surface area contributed by atoms with Crippen molar-refractivity contribution in [3.8, 4) is 5.75 Å². The van der Waals surface area contributed by atoms with Gasteiger partial charge in [-0.3, -0.25) is 9.69 Å². The molecule has 1 aliphatic rings. The molecular formula is C17H14N2O3S. The minimum atomic E-state index is -0.148. The molecule has 1 fully saturated rings. The number of furan rings is 1. The normalized spacial score (nSPS) is 18.1. The van der Waals surface area contributed by atoms with Crippen LogP contribution >= 0.6 is 11.8 Å². The molecule has 3 rings (SSSR count). The van der Waals surface area contributed by atoms with E-state index in [9.17, 15) is 9.90 Å². The van der Waals surface area contributed by atoms with Gasteiger partial charge in [0.2, 0.25) is 0 Å². The quantitative estimate of drug-likeness (QED) is 0.686. The number of amides is 1. The van der Waals surface area contributed by atoms with E-state index in [1.54, 1.807) is 54.8 Å². The average molecular weight is 326 g/mol. The molecule has 6 heteroatoms. The van der Waals surface area contributed by atoms with Gasteiger partial charge in [0.15, 0.2) is 5.17 Å². The predicted octanol–water partition coefficient (Wildman–Crippen LogP) is 3.78. The molecule has 0 unspecified atom stereocenters. The van der Waals surface area contributed by atoms with Crippen molar-refractivity contribution in [3.05, 3.63) is 66.0 Å². The number of thioether (sulfide) groups is 1. The van der Waals surface area contributed by atoms with E-state index in [0.29, 0.717) is 28.1 Å². The fraction of sp³-hybridized carbons (Fsp3) is 0.0588. The number of nitrogens with zero attached hydrogens (tertiary/aromatic N) is 2. The van der Waals surface area contributed by atoms with E-state index in [1.165, 1.54) is 16.7 Å². The number of phenolic OH excluding ortho intramolecular Hbond substituents is 1. The van der Waals surface area contributed by atoms with Crippen molar-refractivity contribution in [3.63, 3.8) is 0 Å². The monoisotopic (exact) mass is 326 g/mol. The second-order valence-corrected chi connectivity index (χ2v) is 5.75. The maximum atomic E-state index is 12.5. The molecule has 0 atom stereocenters. The highest BCUT2D eigenvalue weighted by Crippen LogP contribution is 2.34. The molecule has 5 nitrogen and oxygen atoms in total. The number of rotatable bonds is 4. The number of phenols is 1. The van der Waals surface area contributed by atoms with Crippen LogP contribution in [0.1, 0.15) is 5.76 Å². The van der Waals surface area contributed by atoms with Crippen molar-refractivity contribution in [2.45, 2.75) is 0 Å². The van der Waals surface area contributed by atoms with Crippen LogP contribution in [0, 0.1) is 0 Å². The number of carbonyl (C=O) groups is 1. The number of carbonyl (C=O) groups excluding carboxylic acids is 1. The van der Waals surface area contributed by atoms with E-state index >= 15 is 0 Å². The van der Waals surface area contributed by atoms with E-state index in [1.807, 2.05) is 0 Å². The minimum Gasteiger partial charge on any atom is -0.508 e. The zero-order chi connectivity index (χ0) is 16.2. The first kappa shape index (κ1) is 15.2. The molecular weight excluding hydrogens is 312 g/mol. The summed E-state index contributed by atoms with van der Waals surface area (Å²) in [5, 5.41) is 10.1. The number of hydrogen-bond acceptors (Lipinski definition) is 5. The molecule has 1 saturated heterocycles. The lowest BCUT2D eigenvalue weighted by Gasteiger charge is -2.12. The first-order chi connectivity index (χ1) is 11.2. The standard InChI is InChI=1S/C17H14N2O3S/c1-2-8-19-16(21)15(11-14-7-4-9-22-14)23-17(19)18-12-5-3-6-13(20)10-12/h2-7,9-11,20H,1,8H2/b15-11-,18-17?. The van der Waals surface area contributed by atoms with Gasteiger partial charge >= 0.3 is 0 Å². The lowest BCUT2D eigenvalue weighted by atomic mass is 10.3. The topological polar surface area (TPSA) is 66.0 Å². The third kappa shape index (κ3) is 3.37.